The third kappa shape index (κ3) is 2.43. The number of aliphatic hydroxyl groups is 1. The molecule has 1 aliphatic heterocycles. The first kappa shape index (κ1) is 13.5. The molecule has 0 unspecified atom stereocenters. The fourth-order valence-corrected chi connectivity index (χ4v) is 3.25. The molecule has 2 atom stereocenters. The van der Waals surface area contributed by atoms with Gasteiger partial charge in [0.25, 0.3) is 0 Å². The summed E-state index contributed by atoms with van der Waals surface area (Å²) in [6.07, 6.45) is 7.19. The van der Waals surface area contributed by atoms with E-state index in [-0.39, 0.29) is 18.4 Å². The summed E-state index contributed by atoms with van der Waals surface area (Å²) in [6.45, 7) is 1.77. The van der Waals surface area contributed by atoms with Crippen LogP contribution in [0, 0.1) is 5.92 Å². The number of aromatic nitrogens is 4. The van der Waals surface area contributed by atoms with E-state index >= 15 is 0 Å². The molecular formula is C13H16BrN5O. The van der Waals surface area contributed by atoms with Gasteiger partial charge in [0.15, 0.2) is 0 Å². The van der Waals surface area contributed by atoms with Crippen molar-refractivity contribution in [3.05, 3.63) is 35.0 Å². The summed E-state index contributed by atoms with van der Waals surface area (Å²) >= 11 is 3.48. The van der Waals surface area contributed by atoms with Gasteiger partial charge in [-0.1, -0.05) is 0 Å². The van der Waals surface area contributed by atoms with Crippen molar-refractivity contribution in [1.82, 2.24) is 19.7 Å². The lowest BCUT2D eigenvalue weighted by molar-refractivity contribution is 0.227. The zero-order chi connectivity index (χ0) is 14.1. The van der Waals surface area contributed by atoms with E-state index in [0.717, 1.165) is 23.4 Å². The second-order valence-corrected chi connectivity index (χ2v) is 5.95. The summed E-state index contributed by atoms with van der Waals surface area (Å²) in [4.78, 5) is 10.5. The molecule has 3 heterocycles. The molecule has 0 saturated carbocycles. The van der Waals surface area contributed by atoms with Gasteiger partial charge in [-0.15, -0.1) is 0 Å². The molecule has 6 nitrogen and oxygen atoms in total. The van der Waals surface area contributed by atoms with Gasteiger partial charge in [-0.05, 0) is 21.5 Å². The molecule has 2 aromatic rings. The van der Waals surface area contributed by atoms with Gasteiger partial charge in [0.1, 0.15) is 12.1 Å². The van der Waals surface area contributed by atoms with Crippen molar-refractivity contribution in [3.8, 4) is 0 Å². The zero-order valence-corrected chi connectivity index (χ0v) is 12.7. The van der Waals surface area contributed by atoms with Crippen LogP contribution >= 0.6 is 15.9 Å². The van der Waals surface area contributed by atoms with Crippen LogP contribution in [-0.4, -0.2) is 44.6 Å². The molecule has 1 aliphatic rings. The Morgan fingerprint density at radius 1 is 1.40 bits per heavy atom. The van der Waals surface area contributed by atoms with Crippen molar-refractivity contribution in [2.75, 3.05) is 24.6 Å². The number of aliphatic hydroxyl groups excluding tert-OH is 1. The highest BCUT2D eigenvalue weighted by Crippen LogP contribution is 2.36. The lowest BCUT2D eigenvalue weighted by Gasteiger charge is -2.18. The Labute approximate surface area is 125 Å². The fourth-order valence-electron chi connectivity index (χ4n) is 2.78. The predicted octanol–water partition coefficient (Wildman–Crippen LogP) is 1.18. The number of halogens is 1. The topological polar surface area (TPSA) is 67.1 Å². The second-order valence-electron chi connectivity index (χ2n) is 5.10. The highest BCUT2D eigenvalue weighted by atomic mass is 79.9. The first-order chi connectivity index (χ1) is 9.69. The van der Waals surface area contributed by atoms with E-state index in [9.17, 15) is 5.11 Å². The third-order valence-electron chi connectivity index (χ3n) is 3.78. The highest BCUT2D eigenvalue weighted by Gasteiger charge is 2.35. The molecule has 0 amide bonds. The lowest BCUT2D eigenvalue weighted by Crippen LogP contribution is -2.22. The molecule has 0 radical (unpaired) electrons. The van der Waals surface area contributed by atoms with E-state index in [1.807, 2.05) is 19.4 Å². The summed E-state index contributed by atoms with van der Waals surface area (Å²) in [6, 6.07) is 0. The molecule has 7 heteroatoms. The van der Waals surface area contributed by atoms with Crippen molar-refractivity contribution >= 4 is 21.7 Å². The maximum Gasteiger partial charge on any atom is 0.146 e. The standard InChI is InChI=1S/C13H16BrN5O/c1-18-4-9(2-17-18)11-6-19(5-10(11)7-20)13-12(14)3-15-8-16-13/h2-4,8,10-11,20H,5-7H2,1H3/t10-,11-/m0/s1. The average Bonchev–Trinajstić information content (AvgIpc) is 3.05. The Kier molecular flexibility index (Phi) is 3.71. The smallest absolute Gasteiger partial charge is 0.146 e. The Morgan fingerprint density at radius 3 is 2.90 bits per heavy atom. The van der Waals surface area contributed by atoms with E-state index in [2.05, 4.69) is 35.9 Å². The van der Waals surface area contributed by atoms with Crippen LogP contribution in [0.3, 0.4) is 0 Å². The molecule has 106 valence electrons. The van der Waals surface area contributed by atoms with Crippen LogP contribution in [0.5, 0.6) is 0 Å². The molecule has 20 heavy (non-hydrogen) atoms. The van der Waals surface area contributed by atoms with Crippen LogP contribution in [0.15, 0.2) is 29.4 Å². The number of anilines is 1. The number of hydrogen-bond acceptors (Lipinski definition) is 5. The molecule has 0 aliphatic carbocycles. The zero-order valence-electron chi connectivity index (χ0n) is 11.1. The molecule has 1 N–H and O–H groups in total. The van der Waals surface area contributed by atoms with Crippen molar-refractivity contribution in [2.45, 2.75) is 5.92 Å². The predicted molar refractivity (Wildman–Crippen MR) is 78.5 cm³/mol. The molecular weight excluding hydrogens is 322 g/mol. The highest BCUT2D eigenvalue weighted by molar-refractivity contribution is 9.10. The van der Waals surface area contributed by atoms with Gasteiger partial charge >= 0.3 is 0 Å². The minimum Gasteiger partial charge on any atom is -0.396 e. The van der Waals surface area contributed by atoms with Crippen LogP contribution in [0.2, 0.25) is 0 Å². The summed E-state index contributed by atoms with van der Waals surface area (Å²) in [5, 5.41) is 13.9. The summed E-state index contributed by atoms with van der Waals surface area (Å²) in [7, 11) is 1.91. The fraction of sp³-hybridized carbons (Fsp3) is 0.462. The number of nitrogens with zero attached hydrogens (tertiary/aromatic N) is 5. The Morgan fingerprint density at radius 2 is 2.25 bits per heavy atom. The monoisotopic (exact) mass is 337 g/mol. The van der Waals surface area contributed by atoms with Gasteiger partial charge < -0.3 is 10.0 Å². The Hall–Kier alpha value is -1.47. The maximum absolute atomic E-state index is 9.64. The average molecular weight is 338 g/mol. The van der Waals surface area contributed by atoms with Crippen LogP contribution in [0.25, 0.3) is 0 Å². The molecule has 3 rings (SSSR count). The summed E-state index contributed by atoms with van der Waals surface area (Å²) in [5.74, 6) is 1.35. The van der Waals surface area contributed by atoms with Gasteiger partial charge in [0, 0.05) is 51.0 Å². The first-order valence-electron chi connectivity index (χ1n) is 6.49. The van der Waals surface area contributed by atoms with Crippen LogP contribution in [0.4, 0.5) is 5.82 Å². The van der Waals surface area contributed by atoms with Crippen molar-refractivity contribution in [3.63, 3.8) is 0 Å². The number of rotatable bonds is 3. The van der Waals surface area contributed by atoms with Crippen LogP contribution < -0.4 is 4.90 Å². The molecule has 1 saturated heterocycles. The largest absolute Gasteiger partial charge is 0.396 e. The van der Waals surface area contributed by atoms with Gasteiger partial charge in [0.05, 0.1) is 10.7 Å². The number of hydrogen-bond donors (Lipinski definition) is 1. The normalized spacial score (nSPS) is 22.4. The van der Waals surface area contributed by atoms with E-state index in [1.165, 1.54) is 5.56 Å². The third-order valence-corrected chi connectivity index (χ3v) is 4.34. The first-order valence-corrected chi connectivity index (χ1v) is 7.28. The summed E-state index contributed by atoms with van der Waals surface area (Å²) < 4.78 is 2.68. The van der Waals surface area contributed by atoms with Crippen molar-refractivity contribution in [1.29, 1.82) is 0 Å². The van der Waals surface area contributed by atoms with Gasteiger partial charge in [-0.25, -0.2) is 9.97 Å². The van der Waals surface area contributed by atoms with Gasteiger partial charge in [0.2, 0.25) is 0 Å². The molecule has 2 aromatic heterocycles. The van der Waals surface area contributed by atoms with E-state index in [1.54, 1.807) is 17.2 Å². The van der Waals surface area contributed by atoms with E-state index in [4.69, 9.17) is 0 Å². The number of aryl methyl sites for hydroxylation is 1. The van der Waals surface area contributed by atoms with E-state index < -0.39 is 0 Å². The quantitative estimate of drug-likeness (QED) is 0.911. The van der Waals surface area contributed by atoms with Gasteiger partial charge in [-0.3, -0.25) is 4.68 Å². The van der Waals surface area contributed by atoms with E-state index in [0.29, 0.717) is 0 Å². The van der Waals surface area contributed by atoms with Gasteiger partial charge in [-0.2, -0.15) is 5.10 Å². The van der Waals surface area contributed by atoms with Crippen LogP contribution in [0.1, 0.15) is 11.5 Å². The Balaban J connectivity index is 1.86. The lowest BCUT2D eigenvalue weighted by atomic mass is 9.92. The molecule has 0 spiro atoms. The molecule has 0 bridgehead atoms. The molecule has 0 aromatic carbocycles. The maximum atomic E-state index is 9.64. The minimum atomic E-state index is 0.165. The summed E-state index contributed by atoms with van der Waals surface area (Å²) in [5.41, 5.74) is 1.17. The minimum absolute atomic E-state index is 0.165. The second kappa shape index (κ2) is 5.49. The SMILES string of the molecule is Cn1cc([C@@H]2CN(c3ncncc3Br)C[C@H]2CO)cn1. The van der Waals surface area contributed by atoms with Crippen molar-refractivity contribution < 1.29 is 5.11 Å². The van der Waals surface area contributed by atoms with Crippen molar-refractivity contribution in [2.24, 2.45) is 13.0 Å². The van der Waals surface area contributed by atoms with Crippen LogP contribution in [-0.2, 0) is 7.05 Å². The Bertz CT molecular complexity index is 602. The molecule has 1 fully saturated rings.